The Morgan fingerprint density at radius 3 is 2.08 bits per heavy atom. The summed E-state index contributed by atoms with van der Waals surface area (Å²) >= 11 is -1.22. The molecule has 0 aromatic heterocycles. The molecule has 0 aliphatic rings. The van der Waals surface area contributed by atoms with Gasteiger partial charge in [0, 0.05) is 11.0 Å². The van der Waals surface area contributed by atoms with Crippen LogP contribution in [0.1, 0.15) is 5.56 Å². The Kier molecular flexibility index (Phi) is 8.34. The largest absolute Gasteiger partial charge is 0.460 e. The lowest BCUT2D eigenvalue weighted by molar-refractivity contribution is -0.388. The number of alkyl halides is 10. The van der Waals surface area contributed by atoms with Crippen LogP contribution in [0.25, 0.3) is 0 Å². The quantitative estimate of drug-likeness (QED) is 0.175. The smallest absolute Gasteiger partial charge is 0.324 e. The fraction of sp³-hybridized carbons (Fsp3) is 0.278. The van der Waals surface area contributed by atoms with E-state index in [1.165, 1.54) is 0 Å². The third-order valence-electron chi connectivity index (χ3n) is 4.11. The minimum atomic E-state index is -6.60. The zero-order chi connectivity index (χ0) is 27.7. The summed E-state index contributed by atoms with van der Waals surface area (Å²) in [5.41, 5.74) is -3.37. The fourth-order valence-corrected chi connectivity index (χ4v) is 4.39. The molecule has 0 radical (unpaired) electrons. The van der Waals surface area contributed by atoms with Gasteiger partial charge in [0.15, 0.2) is 0 Å². The topological polar surface area (TPSA) is 89.3 Å². The van der Waals surface area contributed by atoms with Crippen LogP contribution in [0, 0.1) is 10.1 Å². The number of rotatable bonds is 8. The molecule has 0 aliphatic carbocycles. The van der Waals surface area contributed by atoms with Crippen molar-refractivity contribution in [3.63, 3.8) is 0 Å². The van der Waals surface area contributed by atoms with Crippen LogP contribution in [0.2, 0.25) is 0 Å². The van der Waals surface area contributed by atoms with Gasteiger partial charge in [-0.15, -0.1) is 0 Å². The highest BCUT2D eigenvalue weighted by molar-refractivity contribution is 8.00. The minimum Gasteiger partial charge on any atom is -0.324 e. The second-order valence-electron chi connectivity index (χ2n) is 6.66. The van der Waals surface area contributed by atoms with Crippen LogP contribution in [0.5, 0.6) is 0 Å². The van der Waals surface area contributed by atoms with Crippen molar-refractivity contribution in [1.29, 1.82) is 0 Å². The molecule has 1 N–H and O–H groups in total. The number of hydrogen-bond donors (Lipinski definition) is 1. The third kappa shape index (κ3) is 6.45. The fourth-order valence-electron chi connectivity index (χ4n) is 2.44. The minimum absolute atomic E-state index is 0.0833. The van der Waals surface area contributed by atoms with E-state index in [1.54, 1.807) is 0 Å². The highest BCUT2D eigenvalue weighted by Crippen LogP contribution is 2.54. The molecule has 0 fully saturated rings. The molecule has 2 aromatic rings. The Balaban J connectivity index is 2.26. The van der Waals surface area contributed by atoms with Gasteiger partial charge in [0.05, 0.1) is 27.0 Å². The number of nitro benzene ring substituents is 1. The molecule has 1 atom stereocenters. The number of amides is 1. The summed E-state index contributed by atoms with van der Waals surface area (Å²) in [6.07, 6.45) is -11.6. The molecular weight excluding hydrogens is 562 g/mol. The second-order valence-corrected chi connectivity index (χ2v) is 9.24. The predicted molar refractivity (Wildman–Crippen MR) is 106 cm³/mol. The molecule has 0 saturated carbocycles. The first-order valence-corrected chi connectivity index (χ1v) is 11.1. The van der Waals surface area contributed by atoms with Gasteiger partial charge in [-0.05, 0) is 36.0 Å². The van der Waals surface area contributed by atoms with Crippen LogP contribution in [0.4, 0.5) is 55.3 Å². The number of halogens is 10. The zero-order valence-corrected chi connectivity index (χ0v) is 18.6. The van der Waals surface area contributed by atoms with Gasteiger partial charge in [0.25, 0.3) is 5.69 Å². The molecule has 0 spiro atoms. The molecule has 2 aromatic carbocycles. The number of carbonyl (C=O) groups is 1. The summed E-state index contributed by atoms with van der Waals surface area (Å²) < 4.78 is 142. The first-order chi connectivity index (χ1) is 16.3. The van der Waals surface area contributed by atoms with Crippen molar-refractivity contribution in [2.75, 3.05) is 11.1 Å². The predicted octanol–water partition coefficient (Wildman–Crippen LogP) is 6.24. The molecule has 0 bridgehead atoms. The van der Waals surface area contributed by atoms with E-state index < -0.39 is 89.4 Å². The van der Waals surface area contributed by atoms with Gasteiger partial charge >= 0.3 is 23.5 Å². The number of carbonyl (C=O) groups excluding carboxylic acids is 1. The normalized spacial score (nSPS) is 13.8. The van der Waals surface area contributed by atoms with Gasteiger partial charge in [-0.1, -0.05) is 12.1 Å². The van der Waals surface area contributed by atoms with Crippen LogP contribution in [0.3, 0.4) is 0 Å². The standard InChI is InChI=1S/C18H10F10N2O4S2/c19-15(20,21)9-5-6-13(11(7-9)30(32)33)36(34)8-14(31)29-10-3-1-2-4-12(10)35-18(27,28)16(22,23)17(24,25)26/h1-7H,8H2,(H,29,31). The van der Waals surface area contributed by atoms with Gasteiger partial charge in [-0.25, -0.2) is 0 Å². The van der Waals surface area contributed by atoms with Crippen LogP contribution >= 0.6 is 11.8 Å². The molecule has 0 aliphatic heterocycles. The van der Waals surface area contributed by atoms with Crippen molar-refractivity contribution in [3.05, 3.63) is 58.1 Å². The number of hydrogen-bond acceptors (Lipinski definition) is 5. The first-order valence-electron chi connectivity index (χ1n) is 8.92. The van der Waals surface area contributed by atoms with Crippen LogP contribution in [-0.4, -0.2) is 38.1 Å². The highest BCUT2D eigenvalue weighted by atomic mass is 32.2. The van der Waals surface area contributed by atoms with Gasteiger partial charge in [0.1, 0.15) is 10.6 Å². The number of anilines is 1. The Bertz CT molecular complexity index is 1190. The Hall–Kier alpha value is -2.89. The summed E-state index contributed by atoms with van der Waals surface area (Å²) in [7, 11) is -2.65. The van der Waals surface area contributed by atoms with Crippen molar-refractivity contribution >= 4 is 39.8 Å². The van der Waals surface area contributed by atoms with Crippen molar-refractivity contribution in [1.82, 2.24) is 0 Å². The number of nitrogens with one attached hydrogen (secondary N) is 1. The van der Waals surface area contributed by atoms with Gasteiger partial charge in [-0.3, -0.25) is 19.1 Å². The number of benzene rings is 2. The number of nitrogens with zero attached hydrogens (tertiary/aromatic N) is 1. The average Bonchev–Trinajstić information content (AvgIpc) is 2.72. The Morgan fingerprint density at radius 1 is 0.972 bits per heavy atom. The average molecular weight is 572 g/mol. The highest BCUT2D eigenvalue weighted by Gasteiger charge is 2.73. The molecule has 2 rings (SSSR count). The Morgan fingerprint density at radius 2 is 1.56 bits per heavy atom. The van der Waals surface area contributed by atoms with Gasteiger partial charge in [0.2, 0.25) is 5.91 Å². The van der Waals surface area contributed by atoms with E-state index in [-0.39, 0.29) is 6.07 Å². The zero-order valence-electron chi connectivity index (χ0n) is 16.9. The van der Waals surface area contributed by atoms with E-state index >= 15 is 0 Å². The van der Waals surface area contributed by atoms with Crippen molar-refractivity contribution in [3.8, 4) is 0 Å². The molecular formula is C18H10F10N2O4S2. The lowest BCUT2D eigenvalue weighted by atomic mass is 10.2. The molecule has 36 heavy (non-hydrogen) atoms. The first kappa shape index (κ1) is 29.3. The lowest BCUT2D eigenvalue weighted by Gasteiger charge is -2.28. The number of nitro groups is 1. The van der Waals surface area contributed by atoms with Crippen LogP contribution in [-0.2, 0) is 21.8 Å². The molecule has 0 heterocycles. The second kappa shape index (κ2) is 10.2. The maximum atomic E-state index is 13.8. The van der Waals surface area contributed by atoms with Crippen molar-refractivity contribution in [2.24, 2.45) is 0 Å². The third-order valence-corrected chi connectivity index (χ3v) is 6.56. The van der Waals surface area contributed by atoms with E-state index in [4.69, 9.17) is 0 Å². The molecule has 6 nitrogen and oxygen atoms in total. The summed E-state index contributed by atoms with van der Waals surface area (Å²) in [6, 6.07) is 4.52. The summed E-state index contributed by atoms with van der Waals surface area (Å²) in [5.74, 6) is -8.95. The SMILES string of the molecule is O=C(CS(=O)c1ccc(C(F)(F)F)cc1[N+](=O)[O-])Nc1ccccc1SC(F)(F)C(F)(F)C(F)(F)F. The van der Waals surface area contributed by atoms with E-state index in [9.17, 15) is 63.0 Å². The molecule has 198 valence electrons. The van der Waals surface area contributed by atoms with Crippen LogP contribution < -0.4 is 5.32 Å². The molecule has 0 saturated heterocycles. The lowest BCUT2D eigenvalue weighted by Crippen LogP contribution is -2.49. The van der Waals surface area contributed by atoms with Gasteiger partial charge in [-0.2, -0.15) is 43.9 Å². The van der Waals surface area contributed by atoms with Crippen molar-refractivity contribution < 1.29 is 57.8 Å². The molecule has 18 heteroatoms. The molecule has 1 amide bonds. The number of thioether (sulfide) groups is 1. The van der Waals surface area contributed by atoms with E-state index in [0.717, 1.165) is 18.2 Å². The van der Waals surface area contributed by atoms with Gasteiger partial charge < -0.3 is 5.32 Å². The summed E-state index contributed by atoms with van der Waals surface area (Å²) in [5, 5.41) is 7.23. The molecule has 1 unspecified atom stereocenters. The van der Waals surface area contributed by atoms with E-state index in [1.807, 2.05) is 5.32 Å². The maximum Gasteiger partial charge on any atom is 0.460 e. The monoisotopic (exact) mass is 572 g/mol. The number of para-hydroxylation sites is 1. The maximum absolute atomic E-state index is 13.8. The Labute approximate surface area is 200 Å². The summed E-state index contributed by atoms with van der Waals surface area (Å²) in [6.45, 7) is 0. The van der Waals surface area contributed by atoms with E-state index in [0.29, 0.717) is 18.2 Å². The van der Waals surface area contributed by atoms with Crippen molar-refractivity contribution in [2.45, 2.75) is 33.3 Å². The van der Waals surface area contributed by atoms with Crippen LogP contribution in [0.15, 0.2) is 52.3 Å². The summed E-state index contributed by atoms with van der Waals surface area (Å²) in [4.78, 5) is 20.3. The van der Waals surface area contributed by atoms with E-state index in [2.05, 4.69) is 0 Å².